The van der Waals surface area contributed by atoms with Crippen LogP contribution in [-0.2, 0) is 11.3 Å². The molecule has 2 atom stereocenters. The summed E-state index contributed by atoms with van der Waals surface area (Å²) in [5.74, 6) is 0.592. The molecule has 5 rings (SSSR count). The van der Waals surface area contributed by atoms with Crippen LogP contribution in [0.1, 0.15) is 30.3 Å². The Morgan fingerprint density at radius 3 is 2.97 bits per heavy atom. The highest BCUT2D eigenvalue weighted by Gasteiger charge is 2.23. The number of pyridine rings is 1. The van der Waals surface area contributed by atoms with Crippen LogP contribution in [-0.4, -0.2) is 22.8 Å². The van der Waals surface area contributed by atoms with Crippen molar-refractivity contribution >= 4 is 22.3 Å². The van der Waals surface area contributed by atoms with Crippen molar-refractivity contribution in [3.8, 4) is 16.9 Å². The van der Waals surface area contributed by atoms with Crippen molar-refractivity contribution in [2.75, 3.05) is 6.61 Å². The van der Waals surface area contributed by atoms with Crippen LogP contribution in [0.4, 0.5) is 0 Å². The largest absolute Gasteiger partial charge is 0.487 e. The number of aromatic nitrogens is 1. The molecule has 6 nitrogen and oxygen atoms in total. The standard InChI is InChI=1S/C24H21NO5S/c26-17-6-8-28-23(10-17)21-3-1-2-16(25-21)13-29-18-4-5-19-20(15-7-9-31-14-15)12-24(27)30-22(19)11-18/h1-5,7,9,11-12,14,17,23,26H,6,8,10,13H2. The lowest BCUT2D eigenvalue weighted by molar-refractivity contribution is -0.0467. The Morgan fingerprint density at radius 2 is 2.13 bits per heavy atom. The van der Waals surface area contributed by atoms with Crippen LogP contribution in [0.25, 0.3) is 22.1 Å². The van der Waals surface area contributed by atoms with Crippen molar-refractivity contribution in [3.05, 3.63) is 81.1 Å². The number of aliphatic hydroxyl groups excluding tert-OH is 1. The molecule has 7 heteroatoms. The number of hydrogen-bond acceptors (Lipinski definition) is 7. The van der Waals surface area contributed by atoms with Crippen molar-refractivity contribution < 1.29 is 19.0 Å². The molecule has 3 aromatic heterocycles. The summed E-state index contributed by atoms with van der Waals surface area (Å²) >= 11 is 1.58. The minimum absolute atomic E-state index is 0.200. The molecular formula is C24H21NO5S. The summed E-state index contributed by atoms with van der Waals surface area (Å²) in [4.78, 5) is 16.7. The Kier molecular flexibility index (Phi) is 5.55. The third kappa shape index (κ3) is 4.39. The molecular weight excluding hydrogens is 414 g/mol. The maximum absolute atomic E-state index is 12.1. The van der Waals surface area contributed by atoms with E-state index in [-0.39, 0.29) is 18.8 Å². The van der Waals surface area contributed by atoms with Crippen molar-refractivity contribution in [1.82, 2.24) is 4.98 Å². The van der Waals surface area contributed by atoms with E-state index < -0.39 is 5.63 Å². The van der Waals surface area contributed by atoms with E-state index in [0.717, 1.165) is 27.9 Å². The van der Waals surface area contributed by atoms with E-state index >= 15 is 0 Å². The molecule has 1 aliphatic heterocycles. The average Bonchev–Trinajstić information content (AvgIpc) is 3.32. The Labute approximate surface area is 182 Å². The molecule has 0 saturated carbocycles. The van der Waals surface area contributed by atoms with Gasteiger partial charge in [0.25, 0.3) is 0 Å². The fraction of sp³-hybridized carbons (Fsp3) is 0.250. The van der Waals surface area contributed by atoms with Gasteiger partial charge in [-0.15, -0.1) is 0 Å². The quantitative estimate of drug-likeness (QED) is 0.457. The predicted molar refractivity (Wildman–Crippen MR) is 118 cm³/mol. The molecule has 4 aromatic rings. The van der Waals surface area contributed by atoms with Crippen molar-refractivity contribution in [2.45, 2.75) is 31.7 Å². The molecule has 1 saturated heterocycles. The van der Waals surface area contributed by atoms with Gasteiger partial charge in [0.05, 0.1) is 17.5 Å². The van der Waals surface area contributed by atoms with Gasteiger partial charge >= 0.3 is 5.63 Å². The maximum atomic E-state index is 12.1. The highest BCUT2D eigenvalue weighted by molar-refractivity contribution is 7.08. The van der Waals surface area contributed by atoms with E-state index in [1.807, 2.05) is 47.2 Å². The molecule has 0 spiro atoms. The van der Waals surface area contributed by atoms with Gasteiger partial charge in [-0.05, 0) is 53.1 Å². The Bertz CT molecular complexity index is 1250. The molecule has 31 heavy (non-hydrogen) atoms. The molecule has 158 valence electrons. The van der Waals surface area contributed by atoms with Crippen LogP contribution in [0.2, 0.25) is 0 Å². The summed E-state index contributed by atoms with van der Waals surface area (Å²) in [5.41, 5.74) is 3.49. The summed E-state index contributed by atoms with van der Waals surface area (Å²) in [6, 6.07) is 14.7. The first-order chi connectivity index (χ1) is 15.2. The van der Waals surface area contributed by atoms with Crippen LogP contribution in [0.3, 0.4) is 0 Å². The number of hydrogen-bond donors (Lipinski definition) is 1. The second kappa shape index (κ2) is 8.63. The fourth-order valence-electron chi connectivity index (χ4n) is 3.79. The summed E-state index contributed by atoms with van der Waals surface area (Å²) in [7, 11) is 0. The number of rotatable bonds is 5. The Balaban J connectivity index is 1.36. The zero-order valence-electron chi connectivity index (χ0n) is 16.7. The Morgan fingerprint density at radius 1 is 1.19 bits per heavy atom. The monoisotopic (exact) mass is 435 g/mol. The summed E-state index contributed by atoms with van der Waals surface area (Å²) in [6.07, 6.45) is 0.653. The van der Waals surface area contributed by atoms with Gasteiger partial charge < -0.3 is 19.0 Å². The van der Waals surface area contributed by atoms with Gasteiger partial charge in [0.1, 0.15) is 24.0 Å². The SMILES string of the molecule is O=c1cc(-c2ccsc2)c2ccc(OCc3cccc(C4CC(O)CCO4)n3)cc2o1. The number of nitrogens with zero attached hydrogens (tertiary/aromatic N) is 1. The van der Waals surface area contributed by atoms with Gasteiger partial charge in [-0.3, -0.25) is 4.98 Å². The molecule has 4 heterocycles. The van der Waals surface area contributed by atoms with Gasteiger partial charge in [0.15, 0.2) is 0 Å². The first-order valence-electron chi connectivity index (χ1n) is 10.1. The summed E-state index contributed by atoms with van der Waals surface area (Å²) < 4.78 is 17.1. The molecule has 1 aliphatic rings. The van der Waals surface area contributed by atoms with Crippen LogP contribution in [0, 0.1) is 0 Å². The second-order valence-electron chi connectivity index (χ2n) is 7.53. The first-order valence-corrected chi connectivity index (χ1v) is 11.1. The van der Waals surface area contributed by atoms with Crippen molar-refractivity contribution in [2.24, 2.45) is 0 Å². The van der Waals surface area contributed by atoms with Gasteiger partial charge in [-0.25, -0.2) is 4.79 Å². The number of benzene rings is 1. The van der Waals surface area contributed by atoms with Crippen molar-refractivity contribution in [3.63, 3.8) is 0 Å². The predicted octanol–water partition coefficient (Wildman–Crippen LogP) is 4.71. The Hall–Kier alpha value is -3.00. The van der Waals surface area contributed by atoms with Crippen molar-refractivity contribution in [1.29, 1.82) is 0 Å². The molecule has 0 aliphatic carbocycles. The molecule has 2 unspecified atom stereocenters. The van der Waals surface area contributed by atoms with Gasteiger partial charge in [-0.1, -0.05) is 6.07 Å². The number of ether oxygens (including phenoxy) is 2. The zero-order chi connectivity index (χ0) is 21.2. The number of fused-ring (bicyclic) bond motifs is 1. The van der Waals surface area contributed by atoms with E-state index in [0.29, 0.717) is 30.8 Å². The molecule has 0 amide bonds. The van der Waals surface area contributed by atoms with E-state index in [2.05, 4.69) is 4.98 Å². The van der Waals surface area contributed by atoms with Crippen LogP contribution in [0.15, 0.2) is 68.5 Å². The van der Waals surface area contributed by atoms with Crippen LogP contribution < -0.4 is 10.4 Å². The number of aliphatic hydroxyl groups is 1. The lowest BCUT2D eigenvalue weighted by atomic mass is 10.0. The lowest BCUT2D eigenvalue weighted by Gasteiger charge is -2.26. The minimum atomic E-state index is -0.394. The average molecular weight is 436 g/mol. The minimum Gasteiger partial charge on any atom is -0.487 e. The molecule has 1 fully saturated rings. The smallest absolute Gasteiger partial charge is 0.336 e. The topological polar surface area (TPSA) is 81.8 Å². The molecule has 1 N–H and O–H groups in total. The molecule has 0 radical (unpaired) electrons. The summed E-state index contributed by atoms with van der Waals surface area (Å²) in [6.45, 7) is 0.799. The third-order valence-electron chi connectivity index (χ3n) is 5.35. The zero-order valence-corrected chi connectivity index (χ0v) is 17.5. The first kappa shape index (κ1) is 19.9. The summed E-state index contributed by atoms with van der Waals surface area (Å²) in [5, 5.41) is 14.7. The van der Waals surface area contributed by atoms with E-state index in [9.17, 15) is 9.90 Å². The van der Waals surface area contributed by atoms with E-state index in [4.69, 9.17) is 13.9 Å². The van der Waals surface area contributed by atoms with E-state index in [1.54, 1.807) is 17.4 Å². The fourth-order valence-corrected chi connectivity index (χ4v) is 4.45. The third-order valence-corrected chi connectivity index (χ3v) is 6.03. The lowest BCUT2D eigenvalue weighted by Crippen LogP contribution is -2.24. The van der Waals surface area contributed by atoms with E-state index in [1.165, 1.54) is 6.07 Å². The van der Waals surface area contributed by atoms with Gasteiger partial charge in [0.2, 0.25) is 0 Å². The number of thiophene rings is 1. The molecule has 1 aromatic carbocycles. The van der Waals surface area contributed by atoms with Gasteiger partial charge in [0, 0.05) is 36.1 Å². The molecule has 0 bridgehead atoms. The normalized spacial score (nSPS) is 18.9. The van der Waals surface area contributed by atoms with Crippen LogP contribution in [0.5, 0.6) is 5.75 Å². The highest BCUT2D eigenvalue weighted by atomic mass is 32.1. The second-order valence-corrected chi connectivity index (χ2v) is 8.31. The highest BCUT2D eigenvalue weighted by Crippen LogP contribution is 2.31. The maximum Gasteiger partial charge on any atom is 0.336 e. The van der Waals surface area contributed by atoms with Crippen LogP contribution >= 0.6 is 11.3 Å². The van der Waals surface area contributed by atoms with Gasteiger partial charge in [-0.2, -0.15) is 11.3 Å².